The van der Waals surface area contributed by atoms with E-state index in [1.807, 2.05) is 62.4 Å². The van der Waals surface area contributed by atoms with Crippen molar-refractivity contribution in [1.82, 2.24) is 0 Å². The summed E-state index contributed by atoms with van der Waals surface area (Å²) in [7, 11) is 3.15. The molecule has 3 aromatic carbocycles. The molecular formula is C26H29N3O3S2. The fraction of sp³-hybridized carbons (Fsp3) is 0.231. The smallest absolute Gasteiger partial charge is 0.237 e. The Morgan fingerprint density at radius 2 is 1.68 bits per heavy atom. The average Bonchev–Trinajstić information content (AvgIpc) is 2.84. The van der Waals surface area contributed by atoms with Crippen molar-refractivity contribution >= 4 is 52.1 Å². The first-order chi connectivity index (χ1) is 16.4. The first kappa shape index (κ1) is 25.4. The third kappa shape index (κ3) is 7.13. The Kier molecular flexibility index (Phi) is 9.18. The lowest BCUT2D eigenvalue weighted by atomic mass is 10.2. The number of amides is 1. The molecule has 8 heteroatoms. The highest BCUT2D eigenvalue weighted by atomic mass is 32.2. The van der Waals surface area contributed by atoms with Crippen molar-refractivity contribution in [2.75, 3.05) is 30.2 Å². The number of ether oxygens (including phenoxy) is 2. The molecule has 0 saturated carbocycles. The molecule has 0 heterocycles. The van der Waals surface area contributed by atoms with Gasteiger partial charge in [0, 0.05) is 22.3 Å². The van der Waals surface area contributed by atoms with E-state index in [1.54, 1.807) is 32.4 Å². The normalized spacial score (nSPS) is 11.3. The number of carbonyl (C=O) groups excluding carboxylic acids is 1. The molecule has 0 aliphatic heterocycles. The zero-order chi connectivity index (χ0) is 24.5. The third-order valence-corrected chi connectivity index (χ3v) is 6.57. The Labute approximate surface area is 210 Å². The summed E-state index contributed by atoms with van der Waals surface area (Å²) >= 11 is 6.95. The minimum atomic E-state index is -0.288. The molecule has 0 aromatic heterocycles. The number of aryl methyl sites for hydroxylation is 1. The second kappa shape index (κ2) is 12.3. The zero-order valence-electron chi connectivity index (χ0n) is 19.7. The molecule has 6 nitrogen and oxygen atoms in total. The van der Waals surface area contributed by atoms with Gasteiger partial charge in [-0.2, -0.15) is 0 Å². The summed E-state index contributed by atoms with van der Waals surface area (Å²) < 4.78 is 10.6. The number of rotatable bonds is 9. The lowest BCUT2D eigenvalue weighted by Crippen LogP contribution is -2.24. The van der Waals surface area contributed by atoms with Gasteiger partial charge in [0.05, 0.1) is 25.2 Å². The molecule has 3 aromatic rings. The van der Waals surface area contributed by atoms with Gasteiger partial charge in [0.1, 0.15) is 11.5 Å². The van der Waals surface area contributed by atoms with Gasteiger partial charge >= 0.3 is 0 Å². The van der Waals surface area contributed by atoms with Gasteiger partial charge in [0.2, 0.25) is 5.91 Å². The Morgan fingerprint density at radius 3 is 2.35 bits per heavy atom. The standard InChI is InChI=1S/C26H29N3O3S2/c1-5-24(25(30)29-22-16-20(31-3)13-14-23(22)32-4)34-21-8-6-7-19(15-21)28-26(33)27-18-11-9-17(2)10-12-18/h6-16,24H,5H2,1-4H3,(H,29,30)(H2,27,28,33). The van der Waals surface area contributed by atoms with Gasteiger partial charge in [0.25, 0.3) is 0 Å². The van der Waals surface area contributed by atoms with Gasteiger partial charge < -0.3 is 25.4 Å². The summed E-state index contributed by atoms with van der Waals surface area (Å²) in [5.41, 5.74) is 3.53. The molecule has 3 N–H and O–H groups in total. The van der Waals surface area contributed by atoms with Crippen molar-refractivity contribution < 1.29 is 14.3 Å². The van der Waals surface area contributed by atoms with Crippen LogP contribution in [0.15, 0.2) is 71.6 Å². The van der Waals surface area contributed by atoms with Crippen molar-refractivity contribution in [3.8, 4) is 11.5 Å². The van der Waals surface area contributed by atoms with E-state index in [-0.39, 0.29) is 11.2 Å². The van der Waals surface area contributed by atoms with Gasteiger partial charge in [-0.3, -0.25) is 4.79 Å². The molecule has 0 radical (unpaired) electrons. The van der Waals surface area contributed by atoms with E-state index in [4.69, 9.17) is 21.7 Å². The van der Waals surface area contributed by atoms with E-state index in [0.29, 0.717) is 28.7 Å². The molecule has 0 aliphatic carbocycles. The number of hydrogen-bond donors (Lipinski definition) is 3. The maximum Gasteiger partial charge on any atom is 0.237 e. The Hall–Kier alpha value is -3.23. The molecule has 1 atom stereocenters. The first-order valence-corrected chi connectivity index (χ1v) is 12.1. The molecule has 0 bridgehead atoms. The van der Waals surface area contributed by atoms with Crippen molar-refractivity contribution in [3.05, 3.63) is 72.3 Å². The fourth-order valence-electron chi connectivity index (χ4n) is 3.19. The van der Waals surface area contributed by atoms with Crippen LogP contribution in [0.3, 0.4) is 0 Å². The highest BCUT2D eigenvalue weighted by Crippen LogP contribution is 2.32. The zero-order valence-corrected chi connectivity index (χ0v) is 21.3. The minimum absolute atomic E-state index is 0.103. The van der Waals surface area contributed by atoms with Gasteiger partial charge in [-0.25, -0.2) is 0 Å². The van der Waals surface area contributed by atoms with Crippen LogP contribution in [0.25, 0.3) is 0 Å². The summed E-state index contributed by atoms with van der Waals surface area (Å²) in [6.07, 6.45) is 0.661. The summed E-state index contributed by atoms with van der Waals surface area (Å²) in [5.74, 6) is 1.12. The summed E-state index contributed by atoms with van der Waals surface area (Å²) in [5, 5.41) is 9.58. The van der Waals surface area contributed by atoms with Crippen LogP contribution >= 0.6 is 24.0 Å². The number of nitrogens with one attached hydrogen (secondary N) is 3. The molecule has 34 heavy (non-hydrogen) atoms. The molecule has 1 amide bonds. The molecule has 3 rings (SSSR count). The van der Waals surface area contributed by atoms with E-state index < -0.39 is 0 Å². The quantitative estimate of drug-likeness (QED) is 0.237. The second-order valence-electron chi connectivity index (χ2n) is 7.54. The summed E-state index contributed by atoms with van der Waals surface area (Å²) in [6.45, 7) is 4.03. The summed E-state index contributed by atoms with van der Waals surface area (Å²) in [6, 6.07) is 21.2. The first-order valence-electron chi connectivity index (χ1n) is 10.9. The molecule has 178 valence electrons. The monoisotopic (exact) mass is 495 g/mol. The van der Waals surface area contributed by atoms with Gasteiger partial charge in [-0.15, -0.1) is 11.8 Å². The van der Waals surface area contributed by atoms with E-state index >= 15 is 0 Å². The highest BCUT2D eigenvalue weighted by molar-refractivity contribution is 8.00. The van der Waals surface area contributed by atoms with Crippen LogP contribution in [-0.2, 0) is 4.79 Å². The number of methoxy groups -OCH3 is 2. The number of benzene rings is 3. The molecule has 1 unspecified atom stereocenters. The van der Waals surface area contributed by atoms with Crippen molar-refractivity contribution in [1.29, 1.82) is 0 Å². The number of carbonyl (C=O) groups is 1. The van der Waals surface area contributed by atoms with Crippen LogP contribution in [0.4, 0.5) is 17.1 Å². The number of anilines is 3. The second-order valence-corrected chi connectivity index (χ2v) is 9.23. The van der Waals surface area contributed by atoms with Crippen LogP contribution in [0.2, 0.25) is 0 Å². The van der Waals surface area contributed by atoms with E-state index in [1.165, 1.54) is 17.3 Å². The highest BCUT2D eigenvalue weighted by Gasteiger charge is 2.20. The van der Waals surface area contributed by atoms with Crippen LogP contribution in [0, 0.1) is 6.92 Å². The molecule has 0 fully saturated rings. The van der Waals surface area contributed by atoms with Crippen molar-refractivity contribution in [3.63, 3.8) is 0 Å². The van der Waals surface area contributed by atoms with E-state index in [9.17, 15) is 4.79 Å². The fourth-order valence-corrected chi connectivity index (χ4v) is 4.44. The van der Waals surface area contributed by atoms with Crippen LogP contribution in [0.1, 0.15) is 18.9 Å². The van der Waals surface area contributed by atoms with E-state index in [2.05, 4.69) is 16.0 Å². The van der Waals surface area contributed by atoms with E-state index in [0.717, 1.165) is 16.3 Å². The predicted octanol–water partition coefficient (Wildman–Crippen LogP) is 6.33. The lowest BCUT2D eigenvalue weighted by molar-refractivity contribution is -0.115. The van der Waals surface area contributed by atoms with Crippen molar-refractivity contribution in [2.45, 2.75) is 30.4 Å². The Morgan fingerprint density at radius 1 is 0.941 bits per heavy atom. The topological polar surface area (TPSA) is 71.6 Å². The number of thiocarbonyl (C=S) groups is 1. The number of thioether (sulfide) groups is 1. The third-order valence-electron chi connectivity index (χ3n) is 5.01. The SMILES string of the molecule is CCC(Sc1cccc(NC(=S)Nc2ccc(C)cc2)c1)C(=O)Nc1cc(OC)ccc1OC. The maximum atomic E-state index is 13.0. The van der Waals surface area contributed by atoms with Crippen molar-refractivity contribution in [2.24, 2.45) is 0 Å². The predicted molar refractivity (Wildman–Crippen MR) is 146 cm³/mol. The maximum absolute atomic E-state index is 13.0. The Balaban J connectivity index is 1.64. The molecule has 0 aliphatic rings. The van der Waals surface area contributed by atoms with Crippen LogP contribution < -0.4 is 25.4 Å². The van der Waals surface area contributed by atoms with Gasteiger partial charge in [-0.05, 0) is 68.0 Å². The molecule has 0 saturated heterocycles. The minimum Gasteiger partial charge on any atom is -0.497 e. The largest absolute Gasteiger partial charge is 0.497 e. The lowest BCUT2D eigenvalue weighted by Gasteiger charge is -2.17. The van der Waals surface area contributed by atoms with Crippen LogP contribution in [-0.4, -0.2) is 30.5 Å². The van der Waals surface area contributed by atoms with Gasteiger partial charge in [-0.1, -0.05) is 30.7 Å². The van der Waals surface area contributed by atoms with Crippen LogP contribution in [0.5, 0.6) is 11.5 Å². The molecule has 0 spiro atoms. The number of hydrogen-bond acceptors (Lipinski definition) is 5. The average molecular weight is 496 g/mol. The summed E-state index contributed by atoms with van der Waals surface area (Å²) in [4.78, 5) is 14.0. The Bertz CT molecular complexity index is 1140. The molecular weight excluding hydrogens is 466 g/mol. The van der Waals surface area contributed by atoms with Gasteiger partial charge in [0.15, 0.2) is 5.11 Å².